The molecule has 196 valence electrons. The summed E-state index contributed by atoms with van der Waals surface area (Å²) < 4.78 is 32.1. The van der Waals surface area contributed by atoms with Crippen LogP contribution < -0.4 is 10.1 Å². The Bertz CT molecular complexity index is 988. The van der Waals surface area contributed by atoms with E-state index in [0.29, 0.717) is 51.3 Å². The normalized spacial score (nSPS) is 14.9. The molecular formula is C22H33N3O9S. The SMILES string of the molecule is COc1ccc(S(=O)(=O)N2CCN(CCC(=O)NC(C)(C)CC(C)=O)CC2)cc1.O=C(O)C(=O)O. The maximum absolute atomic E-state index is 12.8. The number of ketones is 1. The van der Waals surface area contributed by atoms with Gasteiger partial charge in [-0.05, 0) is 45.0 Å². The molecule has 1 aliphatic heterocycles. The summed E-state index contributed by atoms with van der Waals surface area (Å²) in [5.74, 6) is -3.11. The van der Waals surface area contributed by atoms with E-state index in [4.69, 9.17) is 24.5 Å². The van der Waals surface area contributed by atoms with Crippen molar-refractivity contribution in [3.8, 4) is 5.75 Å². The first-order chi connectivity index (χ1) is 16.2. The van der Waals surface area contributed by atoms with Gasteiger partial charge in [-0.15, -0.1) is 0 Å². The van der Waals surface area contributed by atoms with E-state index in [1.54, 1.807) is 24.3 Å². The van der Waals surface area contributed by atoms with Crippen LogP contribution in [0.2, 0.25) is 0 Å². The number of nitrogens with one attached hydrogen (secondary N) is 1. The second kappa shape index (κ2) is 13.2. The van der Waals surface area contributed by atoms with Crippen molar-refractivity contribution in [2.24, 2.45) is 0 Å². The molecule has 1 aromatic rings. The van der Waals surface area contributed by atoms with Gasteiger partial charge in [0, 0.05) is 51.1 Å². The first-order valence-corrected chi connectivity index (χ1v) is 12.2. The standard InChI is InChI=1S/C20H31N3O5S.C2H2O4/c1-16(24)15-20(2,3)21-19(25)9-10-22-11-13-23(14-12-22)29(26,27)18-7-5-17(28-4)6-8-18;3-1(4)2(5)6/h5-8H,9-15H2,1-4H3,(H,21,25);(H,3,4)(H,5,6). The number of amides is 1. The van der Waals surface area contributed by atoms with Gasteiger partial charge in [-0.1, -0.05) is 0 Å². The predicted octanol–water partition coefficient (Wildman–Crippen LogP) is 0.421. The van der Waals surface area contributed by atoms with Crippen LogP contribution in [-0.2, 0) is 29.2 Å². The monoisotopic (exact) mass is 515 g/mol. The third-order valence-corrected chi connectivity index (χ3v) is 6.95. The average Bonchev–Trinajstić information content (AvgIpc) is 2.77. The number of carboxylic acids is 2. The van der Waals surface area contributed by atoms with E-state index < -0.39 is 27.5 Å². The van der Waals surface area contributed by atoms with Crippen LogP contribution in [0.5, 0.6) is 5.75 Å². The summed E-state index contributed by atoms with van der Waals surface area (Å²) in [7, 11) is -2.00. The highest BCUT2D eigenvalue weighted by atomic mass is 32.2. The summed E-state index contributed by atoms with van der Waals surface area (Å²) in [4.78, 5) is 44.0. The van der Waals surface area contributed by atoms with Gasteiger partial charge < -0.3 is 25.2 Å². The molecule has 0 unspecified atom stereocenters. The molecule has 1 amide bonds. The fraction of sp³-hybridized carbons (Fsp3) is 0.545. The van der Waals surface area contributed by atoms with Crippen LogP contribution in [-0.4, -0.2) is 96.8 Å². The van der Waals surface area contributed by atoms with Gasteiger partial charge in [0.25, 0.3) is 0 Å². The van der Waals surface area contributed by atoms with Gasteiger partial charge in [0.2, 0.25) is 15.9 Å². The van der Waals surface area contributed by atoms with E-state index in [1.165, 1.54) is 18.3 Å². The number of carboxylic acid groups (broad SMARTS) is 2. The highest BCUT2D eigenvalue weighted by Crippen LogP contribution is 2.20. The molecule has 1 aromatic carbocycles. The van der Waals surface area contributed by atoms with Crippen LogP contribution >= 0.6 is 0 Å². The zero-order valence-electron chi connectivity index (χ0n) is 20.3. The summed E-state index contributed by atoms with van der Waals surface area (Å²) in [6, 6.07) is 6.37. The van der Waals surface area contributed by atoms with E-state index in [0.717, 1.165) is 0 Å². The zero-order valence-corrected chi connectivity index (χ0v) is 21.1. The van der Waals surface area contributed by atoms with Crippen molar-refractivity contribution in [2.45, 2.75) is 44.0 Å². The third kappa shape index (κ3) is 10.4. The third-order valence-electron chi connectivity index (χ3n) is 5.04. The van der Waals surface area contributed by atoms with Crippen molar-refractivity contribution in [1.82, 2.24) is 14.5 Å². The Morgan fingerprint density at radius 2 is 1.51 bits per heavy atom. The topological polar surface area (TPSA) is 171 Å². The van der Waals surface area contributed by atoms with Crippen molar-refractivity contribution < 1.29 is 42.5 Å². The number of carbonyl (C=O) groups is 4. The van der Waals surface area contributed by atoms with Crippen molar-refractivity contribution in [2.75, 3.05) is 39.8 Å². The Hall–Kier alpha value is -3.03. The quantitative estimate of drug-likeness (QED) is 0.392. The van der Waals surface area contributed by atoms with Crippen LogP contribution in [0, 0.1) is 0 Å². The molecule has 0 saturated carbocycles. The van der Waals surface area contributed by atoms with Gasteiger partial charge in [0.15, 0.2) is 0 Å². The second-order valence-electron chi connectivity index (χ2n) is 8.59. The number of hydrogen-bond donors (Lipinski definition) is 3. The van der Waals surface area contributed by atoms with Crippen molar-refractivity contribution in [1.29, 1.82) is 0 Å². The molecule has 0 aliphatic carbocycles. The predicted molar refractivity (Wildman–Crippen MR) is 126 cm³/mol. The van der Waals surface area contributed by atoms with E-state index >= 15 is 0 Å². The molecule has 12 nitrogen and oxygen atoms in total. The lowest BCUT2D eigenvalue weighted by Gasteiger charge is -2.34. The Labute approximate surface area is 204 Å². The molecule has 1 heterocycles. The Morgan fingerprint density at radius 3 is 1.94 bits per heavy atom. The van der Waals surface area contributed by atoms with Gasteiger partial charge in [-0.25, -0.2) is 18.0 Å². The Balaban J connectivity index is 0.000000905. The summed E-state index contributed by atoms with van der Waals surface area (Å²) in [5.41, 5.74) is -0.561. The summed E-state index contributed by atoms with van der Waals surface area (Å²) in [5, 5.41) is 17.7. The molecule has 13 heteroatoms. The number of rotatable bonds is 9. The molecule has 0 atom stereocenters. The Morgan fingerprint density at radius 1 is 1.00 bits per heavy atom. The number of Topliss-reactive ketones (excluding diaryl/α,β-unsaturated/α-hetero) is 1. The molecule has 1 fully saturated rings. The number of piperazine rings is 1. The van der Waals surface area contributed by atoms with Gasteiger partial charge in [-0.2, -0.15) is 4.31 Å². The van der Waals surface area contributed by atoms with Gasteiger partial charge >= 0.3 is 11.9 Å². The molecule has 0 spiro atoms. The van der Waals surface area contributed by atoms with Crippen molar-refractivity contribution in [3.05, 3.63) is 24.3 Å². The van der Waals surface area contributed by atoms with E-state index in [2.05, 4.69) is 10.2 Å². The van der Waals surface area contributed by atoms with Gasteiger partial charge in [0.1, 0.15) is 11.5 Å². The lowest BCUT2D eigenvalue weighted by atomic mass is 9.98. The van der Waals surface area contributed by atoms with Gasteiger partial charge in [-0.3, -0.25) is 9.59 Å². The summed E-state index contributed by atoms with van der Waals surface area (Å²) in [6.45, 7) is 7.62. The molecule has 0 aromatic heterocycles. The molecule has 2 rings (SSSR count). The van der Waals surface area contributed by atoms with Crippen LogP contribution in [0.1, 0.15) is 33.6 Å². The summed E-state index contributed by atoms with van der Waals surface area (Å²) >= 11 is 0. The molecular weight excluding hydrogens is 482 g/mol. The van der Waals surface area contributed by atoms with Crippen molar-refractivity contribution in [3.63, 3.8) is 0 Å². The molecule has 3 N–H and O–H groups in total. The number of methoxy groups -OCH3 is 1. The average molecular weight is 516 g/mol. The number of aliphatic carboxylic acids is 2. The number of ether oxygens (including phenoxy) is 1. The van der Waals surface area contributed by atoms with Crippen LogP contribution in [0.4, 0.5) is 0 Å². The minimum absolute atomic E-state index is 0.0319. The van der Waals surface area contributed by atoms with Crippen molar-refractivity contribution >= 4 is 33.7 Å². The number of benzene rings is 1. The lowest BCUT2D eigenvalue weighted by molar-refractivity contribution is -0.159. The zero-order chi connectivity index (χ0) is 26.8. The molecule has 1 saturated heterocycles. The van der Waals surface area contributed by atoms with E-state index in [-0.39, 0.29) is 16.6 Å². The van der Waals surface area contributed by atoms with Gasteiger partial charge in [0.05, 0.1) is 12.0 Å². The fourth-order valence-electron chi connectivity index (χ4n) is 3.46. The first kappa shape index (κ1) is 30.0. The molecule has 0 bridgehead atoms. The number of carbonyl (C=O) groups excluding carboxylic acids is 2. The fourth-order valence-corrected chi connectivity index (χ4v) is 4.88. The number of hydrogen-bond acceptors (Lipinski definition) is 8. The van der Waals surface area contributed by atoms with E-state index in [9.17, 15) is 18.0 Å². The molecule has 0 radical (unpaired) electrons. The van der Waals surface area contributed by atoms with E-state index in [1.807, 2.05) is 13.8 Å². The molecule has 35 heavy (non-hydrogen) atoms. The minimum Gasteiger partial charge on any atom is -0.497 e. The van der Waals surface area contributed by atoms with Crippen LogP contribution in [0.25, 0.3) is 0 Å². The van der Waals surface area contributed by atoms with Crippen LogP contribution in [0.3, 0.4) is 0 Å². The number of nitrogens with zero attached hydrogens (tertiary/aromatic N) is 2. The largest absolute Gasteiger partial charge is 0.497 e. The van der Waals surface area contributed by atoms with Crippen LogP contribution in [0.15, 0.2) is 29.2 Å². The Kier molecular flexibility index (Phi) is 11.3. The molecule has 1 aliphatic rings. The number of sulfonamides is 1. The maximum Gasteiger partial charge on any atom is 0.414 e. The lowest BCUT2D eigenvalue weighted by Crippen LogP contribution is -2.50. The second-order valence-corrected chi connectivity index (χ2v) is 10.5. The minimum atomic E-state index is -3.54. The first-order valence-electron chi connectivity index (χ1n) is 10.8. The maximum atomic E-state index is 12.8. The smallest absolute Gasteiger partial charge is 0.414 e. The summed E-state index contributed by atoms with van der Waals surface area (Å²) in [6.07, 6.45) is 0.604. The highest BCUT2D eigenvalue weighted by Gasteiger charge is 2.29. The highest BCUT2D eigenvalue weighted by molar-refractivity contribution is 7.89.